The molecule has 1 aliphatic heterocycles. The molecular weight excluding hydrogens is 364 g/mol. The van der Waals surface area contributed by atoms with Crippen LogP contribution in [0.4, 0.5) is 0 Å². The second-order valence-electron chi connectivity index (χ2n) is 8.50. The Kier molecular flexibility index (Phi) is 7.31. The van der Waals surface area contributed by atoms with Crippen molar-refractivity contribution in [2.75, 3.05) is 33.3 Å². The molecule has 1 aromatic carbocycles. The van der Waals surface area contributed by atoms with Gasteiger partial charge >= 0.3 is 0 Å². The number of amides is 1. The van der Waals surface area contributed by atoms with E-state index in [1.807, 2.05) is 34.8 Å². The fourth-order valence-electron chi connectivity index (χ4n) is 4.11. The van der Waals surface area contributed by atoms with Crippen LogP contribution in [0.15, 0.2) is 36.7 Å². The van der Waals surface area contributed by atoms with Gasteiger partial charge in [0, 0.05) is 44.6 Å². The van der Waals surface area contributed by atoms with Gasteiger partial charge in [0.1, 0.15) is 5.75 Å². The predicted molar refractivity (Wildman–Crippen MR) is 115 cm³/mol. The molecule has 158 valence electrons. The van der Waals surface area contributed by atoms with Crippen LogP contribution in [-0.2, 0) is 13.6 Å². The summed E-state index contributed by atoms with van der Waals surface area (Å²) < 4.78 is 7.30. The smallest absolute Gasteiger partial charge is 0.289 e. The predicted octanol–water partition coefficient (Wildman–Crippen LogP) is 3.44. The monoisotopic (exact) mass is 398 g/mol. The first-order chi connectivity index (χ1) is 14.0. The second-order valence-corrected chi connectivity index (χ2v) is 8.50. The number of imidazole rings is 1. The number of nitrogens with zero attached hydrogens (tertiary/aromatic N) is 4. The number of ether oxygens (including phenoxy) is 1. The molecule has 6 heteroatoms. The lowest BCUT2D eigenvalue weighted by Gasteiger charge is -2.35. The average Bonchev–Trinajstić information content (AvgIpc) is 3.14. The standard InChI is InChI=1S/C23H34N4O2/c1-18(2)15-27(23(28)22-24-11-14-25(22)3)16-19-9-12-26(13-10-19)17-20-7-5-6-8-21(20)29-4/h5-8,11,14,18-19H,9-10,12-13,15-17H2,1-4H3. The van der Waals surface area contributed by atoms with Crippen molar-refractivity contribution in [3.63, 3.8) is 0 Å². The fraction of sp³-hybridized carbons (Fsp3) is 0.565. The van der Waals surface area contributed by atoms with Crippen LogP contribution in [0.3, 0.4) is 0 Å². The van der Waals surface area contributed by atoms with Gasteiger partial charge in [0.15, 0.2) is 5.82 Å². The number of benzene rings is 1. The summed E-state index contributed by atoms with van der Waals surface area (Å²) in [4.78, 5) is 21.8. The van der Waals surface area contributed by atoms with Crippen LogP contribution in [0.25, 0.3) is 0 Å². The number of hydrogen-bond acceptors (Lipinski definition) is 4. The van der Waals surface area contributed by atoms with E-state index in [4.69, 9.17) is 4.74 Å². The maximum Gasteiger partial charge on any atom is 0.289 e. The van der Waals surface area contributed by atoms with Gasteiger partial charge in [-0.1, -0.05) is 32.0 Å². The molecule has 1 saturated heterocycles. The van der Waals surface area contributed by atoms with Crippen LogP contribution in [0.5, 0.6) is 5.75 Å². The molecule has 2 aromatic rings. The quantitative estimate of drug-likeness (QED) is 0.684. The molecule has 2 heterocycles. The molecule has 0 aliphatic carbocycles. The largest absolute Gasteiger partial charge is 0.496 e. The molecule has 0 N–H and O–H groups in total. The first-order valence-electron chi connectivity index (χ1n) is 10.6. The minimum absolute atomic E-state index is 0.0441. The first-order valence-corrected chi connectivity index (χ1v) is 10.6. The van der Waals surface area contributed by atoms with E-state index < -0.39 is 0 Å². The number of piperidine rings is 1. The van der Waals surface area contributed by atoms with Crippen molar-refractivity contribution < 1.29 is 9.53 Å². The van der Waals surface area contributed by atoms with Crippen LogP contribution >= 0.6 is 0 Å². The lowest BCUT2D eigenvalue weighted by Crippen LogP contribution is -2.42. The van der Waals surface area contributed by atoms with E-state index >= 15 is 0 Å². The second kappa shape index (κ2) is 9.92. The lowest BCUT2D eigenvalue weighted by atomic mass is 9.95. The van der Waals surface area contributed by atoms with Crippen LogP contribution in [0.2, 0.25) is 0 Å². The van der Waals surface area contributed by atoms with Gasteiger partial charge in [0.25, 0.3) is 5.91 Å². The van der Waals surface area contributed by atoms with E-state index in [-0.39, 0.29) is 5.91 Å². The SMILES string of the molecule is COc1ccccc1CN1CCC(CN(CC(C)C)C(=O)c2nccn2C)CC1. The number of carbonyl (C=O) groups is 1. The third-order valence-corrected chi connectivity index (χ3v) is 5.66. The zero-order valence-corrected chi connectivity index (χ0v) is 18.2. The molecule has 6 nitrogen and oxygen atoms in total. The molecule has 0 spiro atoms. The van der Waals surface area contributed by atoms with Crippen molar-refractivity contribution in [1.29, 1.82) is 0 Å². The number of aromatic nitrogens is 2. The van der Waals surface area contributed by atoms with Crippen molar-refractivity contribution in [1.82, 2.24) is 19.4 Å². The van der Waals surface area contributed by atoms with Crippen molar-refractivity contribution in [3.8, 4) is 5.75 Å². The number of methoxy groups -OCH3 is 1. The zero-order valence-electron chi connectivity index (χ0n) is 18.2. The lowest BCUT2D eigenvalue weighted by molar-refractivity contribution is 0.0647. The van der Waals surface area contributed by atoms with Gasteiger partial charge in [-0.2, -0.15) is 0 Å². The van der Waals surface area contributed by atoms with Gasteiger partial charge < -0.3 is 14.2 Å². The minimum atomic E-state index is 0.0441. The third-order valence-electron chi connectivity index (χ3n) is 5.66. The Morgan fingerprint density at radius 3 is 2.62 bits per heavy atom. The number of hydrogen-bond donors (Lipinski definition) is 0. The fourth-order valence-corrected chi connectivity index (χ4v) is 4.11. The van der Waals surface area contributed by atoms with E-state index in [1.54, 1.807) is 13.3 Å². The molecule has 0 atom stereocenters. The first kappa shape index (κ1) is 21.4. The van der Waals surface area contributed by atoms with Crippen molar-refractivity contribution in [3.05, 3.63) is 48.0 Å². The van der Waals surface area contributed by atoms with Crippen molar-refractivity contribution >= 4 is 5.91 Å². The molecule has 1 fully saturated rings. The Bertz CT molecular complexity index is 794. The highest BCUT2D eigenvalue weighted by molar-refractivity contribution is 5.90. The van der Waals surface area contributed by atoms with Gasteiger partial charge in [-0.15, -0.1) is 0 Å². The van der Waals surface area contributed by atoms with E-state index in [0.29, 0.717) is 17.7 Å². The maximum atomic E-state index is 13.0. The van der Waals surface area contributed by atoms with Crippen molar-refractivity contribution in [2.45, 2.75) is 33.2 Å². The molecule has 0 bridgehead atoms. The van der Waals surface area contributed by atoms with E-state index in [1.165, 1.54) is 5.56 Å². The highest BCUT2D eigenvalue weighted by Gasteiger charge is 2.26. The summed E-state index contributed by atoms with van der Waals surface area (Å²) >= 11 is 0. The highest BCUT2D eigenvalue weighted by Crippen LogP contribution is 2.24. The number of rotatable bonds is 8. The van der Waals surface area contributed by atoms with Gasteiger partial charge in [0.05, 0.1) is 7.11 Å². The third kappa shape index (κ3) is 5.60. The van der Waals surface area contributed by atoms with Gasteiger partial charge in [-0.25, -0.2) is 4.98 Å². The molecule has 0 unspecified atom stereocenters. The Hall–Kier alpha value is -2.34. The summed E-state index contributed by atoms with van der Waals surface area (Å²) in [6, 6.07) is 8.24. The number of likely N-dealkylation sites (tertiary alicyclic amines) is 1. The number of carbonyl (C=O) groups excluding carboxylic acids is 1. The van der Waals surface area contributed by atoms with E-state index in [0.717, 1.165) is 51.3 Å². The molecule has 3 rings (SSSR count). The van der Waals surface area contributed by atoms with Gasteiger partial charge in [0.2, 0.25) is 0 Å². The topological polar surface area (TPSA) is 50.6 Å². The summed E-state index contributed by atoms with van der Waals surface area (Å²) in [5.74, 6) is 2.50. The molecular formula is C23H34N4O2. The Morgan fingerprint density at radius 2 is 2.00 bits per heavy atom. The zero-order chi connectivity index (χ0) is 20.8. The molecule has 0 saturated carbocycles. The number of aryl methyl sites for hydroxylation is 1. The highest BCUT2D eigenvalue weighted by atomic mass is 16.5. The van der Waals surface area contributed by atoms with Gasteiger partial charge in [-0.3, -0.25) is 9.69 Å². The molecule has 1 amide bonds. The molecule has 1 aliphatic rings. The normalized spacial score (nSPS) is 15.6. The summed E-state index contributed by atoms with van der Waals surface area (Å²) in [6.45, 7) is 8.92. The minimum Gasteiger partial charge on any atom is -0.496 e. The van der Waals surface area contributed by atoms with E-state index in [2.05, 4.69) is 35.9 Å². The molecule has 29 heavy (non-hydrogen) atoms. The Labute approximate surface area is 174 Å². The Balaban J connectivity index is 1.57. The van der Waals surface area contributed by atoms with Crippen LogP contribution in [0, 0.1) is 11.8 Å². The summed E-state index contributed by atoms with van der Waals surface area (Å²) in [5.41, 5.74) is 1.24. The maximum absolute atomic E-state index is 13.0. The Morgan fingerprint density at radius 1 is 1.28 bits per heavy atom. The number of para-hydroxylation sites is 1. The van der Waals surface area contributed by atoms with Crippen LogP contribution in [0.1, 0.15) is 42.9 Å². The van der Waals surface area contributed by atoms with Gasteiger partial charge in [-0.05, 0) is 43.8 Å². The summed E-state index contributed by atoms with van der Waals surface area (Å²) in [7, 11) is 3.61. The van der Waals surface area contributed by atoms with E-state index in [9.17, 15) is 4.79 Å². The summed E-state index contributed by atoms with van der Waals surface area (Å²) in [6.07, 6.45) is 5.74. The summed E-state index contributed by atoms with van der Waals surface area (Å²) in [5, 5.41) is 0. The molecule has 0 radical (unpaired) electrons. The van der Waals surface area contributed by atoms with Crippen LogP contribution in [-0.4, -0.2) is 58.5 Å². The van der Waals surface area contributed by atoms with Crippen LogP contribution < -0.4 is 4.74 Å². The van der Waals surface area contributed by atoms with Crippen molar-refractivity contribution in [2.24, 2.45) is 18.9 Å². The molecule has 1 aromatic heterocycles. The average molecular weight is 399 g/mol.